The van der Waals surface area contributed by atoms with Crippen molar-refractivity contribution in [3.63, 3.8) is 0 Å². The van der Waals surface area contributed by atoms with Gasteiger partial charge >= 0.3 is 88.3 Å². The molecule has 1 aliphatic rings. The van der Waals surface area contributed by atoms with Crippen LogP contribution in [0.3, 0.4) is 0 Å². The van der Waals surface area contributed by atoms with E-state index in [1.807, 2.05) is 0 Å². The topological polar surface area (TPSA) is 0 Å². The zero-order valence-corrected chi connectivity index (χ0v) is 10.4. The summed E-state index contributed by atoms with van der Waals surface area (Å²) in [6.07, 6.45) is 4.48. The molecular formula is C12H17I. The number of hydrogen-bond donors (Lipinski definition) is 0. The predicted octanol–water partition coefficient (Wildman–Crippen LogP) is 3.85. The first kappa shape index (κ1) is 9.50. The molecule has 0 spiro atoms. The summed E-state index contributed by atoms with van der Waals surface area (Å²) in [5.74, 6) is 0. The van der Waals surface area contributed by atoms with Crippen LogP contribution >= 0.6 is 19.8 Å². The molecular weight excluding hydrogens is 271 g/mol. The van der Waals surface area contributed by atoms with E-state index in [-0.39, 0.29) is 0 Å². The van der Waals surface area contributed by atoms with Crippen molar-refractivity contribution in [2.75, 3.05) is 8.86 Å². The van der Waals surface area contributed by atoms with Crippen LogP contribution in [0.15, 0.2) is 24.3 Å². The summed E-state index contributed by atoms with van der Waals surface area (Å²) in [6, 6.07) is 9.32. The van der Waals surface area contributed by atoms with Crippen molar-refractivity contribution in [2.45, 2.75) is 26.2 Å². The maximum atomic E-state index is 2.38. The van der Waals surface area contributed by atoms with E-state index in [9.17, 15) is 0 Å². The zero-order chi connectivity index (χ0) is 9.10. The summed E-state index contributed by atoms with van der Waals surface area (Å²) in [5, 5.41) is 0. The van der Waals surface area contributed by atoms with Gasteiger partial charge in [-0.25, -0.2) is 0 Å². The number of alkyl halides is 2. The van der Waals surface area contributed by atoms with Gasteiger partial charge < -0.3 is 0 Å². The number of hydrogen-bond acceptors (Lipinski definition) is 0. The third-order valence-corrected chi connectivity index (χ3v) is 9.15. The quantitative estimate of drug-likeness (QED) is 0.544. The molecule has 2 rings (SSSR count). The van der Waals surface area contributed by atoms with Gasteiger partial charge in [0, 0.05) is 0 Å². The monoisotopic (exact) mass is 288 g/mol. The van der Waals surface area contributed by atoms with Gasteiger partial charge in [0.2, 0.25) is 0 Å². The summed E-state index contributed by atoms with van der Waals surface area (Å²) in [7, 11) is 0. The van der Waals surface area contributed by atoms with E-state index in [1.54, 1.807) is 12.4 Å². The zero-order valence-electron chi connectivity index (χ0n) is 8.22. The molecule has 0 unspecified atom stereocenters. The summed E-state index contributed by atoms with van der Waals surface area (Å²) in [6.45, 7) is 2.17. The van der Waals surface area contributed by atoms with Crippen LogP contribution in [-0.4, -0.2) is 8.86 Å². The Morgan fingerprint density at radius 2 is 1.54 bits per heavy atom. The van der Waals surface area contributed by atoms with Crippen molar-refractivity contribution < 1.29 is 0 Å². The molecule has 13 heavy (non-hydrogen) atoms. The molecule has 1 saturated heterocycles. The second kappa shape index (κ2) is 4.45. The summed E-state index contributed by atoms with van der Waals surface area (Å²) in [4.78, 5) is 0. The predicted molar refractivity (Wildman–Crippen MR) is 67.5 cm³/mol. The van der Waals surface area contributed by atoms with Crippen molar-refractivity contribution in [1.29, 1.82) is 0 Å². The van der Waals surface area contributed by atoms with Crippen molar-refractivity contribution in [2.24, 2.45) is 0 Å². The van der Waals surface area contributed by atoms with Gasteiger partial charge in [-0.1, -0.05) is 0 Å². The molecule has 0 N–H and O–H groups in total. The van der Waals surface area contributed by atoms with Gasteiger partial charge in [0.1, 0.15) is 0 Å². The molecule has 1 aliphatic heterocycles. The Balaban J connectivity index is 2.10. The molecule has 0 nitrogen and oxygen atoms in total. The van der Waals surface area contributed by atoms with E-state index in [4.69, 9.17) is 0 Å². The van der Waals surface area contributed by atoms with Gasteiger partial charge in [0.05, 0.1) is 0 Å². The van der Waals surface area contributed by atoms with E-state index >= 15 is 0 Å². The van der Waals surface area contributed by atoms with Crippen molar-refractivity contribution >= 4 is 19.8 Å². The Labute approximate surface area is 88.1 Å². The molecule has 1 heterocycles. The van der Waals surface area contributed by atoms with Crippen LogP contribution in [-0.2, 0) is 0 Å². The molecule has 1 aromatic rings. The molecule has 0 amide bonds. The van der Waals surface area contributed by atoms with Crippen LogP contribution in [0.2, 0.25) is 0 Å². The molecule has 0 radical (unpaired) electrons. The standard InChI is InChI=1S/C12H17I/c1-11-5-7-12(8-6-11)13-9-3-2-4-10-13/h5-8H,2-4,9-10H2,1H3. The minimum atomic E-state index is -0.679. The Morgan fingerprint density at radius 3 is 2.15 bits per heavy atom. The van der Waals surface area contributed by atoms with Gasteiger partial charge in [-0.3, -0.25) is 0 Å². The molecule has 1 heteroatoms. The van der Waals surface area contributed by atoms with E-state index in [0.29, 0.717) is 0 Å². The Bertz CT molecular complexity index is 257. The van der Waals surface area contributed by atoms with E-state index in [1.165, 1.54) is 24.8 Å². The number of aryl methyl sites for hydroxylation is 1. The van der Waals surface area contributed by atoms with Crippen LogP contribution < -0.4 is 0 Å². The van der Waals surface area contributed by atoms with Crippen LogP contribution in [0.1, 0.15) is 24.8 Å². The van der Waals surface area contributed by atoms with Crippen molar-refractivity contribution in [3.05, 3.63) is 33.4 Å². The number of halogens is 1. The molecule has 72 valence electrons. The van der Waals surface area contributed by atoms with Crippen LogP contribution in [0, 0.1) is 10.5 Å². The molecule has 1 aromatic carbocycles. The molecule has 0 atom stereocenters. The van der Waals surface area contributed by atoms with Gasteiger partial charge in [-0.15, -0.1) is 0 Å². The van der Waals surface area contributed by atoms with Crippen LogP contribution in [0.4, 0.5) is 0 Å². The average molecular weight is 288 g/mol. The fourth-order valence-corrected chi connectivity index (χ4v) is 7.79. The van der Waals surface area contributed by atoms with Gasteiger partial charge in [0.15, 0.2) is 0 Å². The molecule has 1 fully saturated rings. The second-order valence-corrected chi connectivity index (χ2v) is 9.70. The first-order chi connectivity index (χ1) is 6.36. The van der Waals surface area contributed by atoms with Crippen molar-refractivity contribution in [1.82, 2.24) is 0 Å². The minimum absolute atomic E-state index is 0.679. The molecule has 0 aliphatic carbocycles. The molecule has 0 aromatic heterocycles. The molecule has 0 saturated carbocycles. The Hall–Kier alpha value is -0.0500. The SMILES string of the molecule is Cc1ccc(I2CCCCC2)cc1. The first-order valence-corrected chi connectivity index (χ1v) is 9.17. The summed E-state index contributed by atoms with van der Waals surface area (Å²) in [5.41, 5.74) is 1.40. The Kier molecular flexibility index (Phi) is 3.25. The van der Waals surface area contributed by atoms with Crippen LogP contribution in [0.5, 0.6) is 0 Å². The summed E-state index contributed by atoms with van der Waals surface area (Å²) < 4.78 is 4.84. The van der Waals surface area contributed by atoms with Crippen LogP contribution in [0.25, 0.3) is 0 Å². The van der Waals surface area contributed by atoms with Crippen molar-refractivity contribution in [3.8, 4) is 0 Å². The Morgan fingerprint density at radius 1 is 0.923 bits per heavy atom. The second-order valence-electron chi connectivity index (χ2n) is 3.69. The molecule has 0 bridgehead atoms. The number of benzene rings is 1. The first-order valence-electron chi connectivity index (χ1n) is 5.04. The van der Waals surface area contributed by atoms with Gasteiger partial charge in [-0.2, -0.15) is 0 Å². The van der Waals surface area contributed by atoms with Gasteiger partial charge in [-0.05, 0) is 0 Å². The average Bonchev–Trinajstić information content (AvgIpc) is 2.20. The van der Waals surface area contributed by atoms with E-state index < -0.39 is 19.8 Å². The van der Waals surface area contributed by atoms with Gasteiger partial charge in [0.25, 0.3) is 0 Å². The van der Waals surface area contributed by atoms with E-state index in [2.05, 4.69) is 31.2 Å². The fourth-order valence-electron chi connectivity index (χ4n) is 1.71. The van der Waals surface area contributed by atoms with E-state index in [0.717, 1.165) is 0 Å². The summed E-state index contributed by atoms with van der Waals surface area (Å²) >= 11 is -0.679. The normalized spacial score (nSPS) is 20.2. The number of rotatable bonds is 1. The third-order valence-electron chi connectivity index (χ3n) is 2.54. The fraction of sp³-hybridized carbons (Fsp3) is 0.500. The third kappa shape index (κ3) is 2.46. The maximum absolute atomic E-state index is 2.38.